The predicted molar refractivity (Wildman–Crippen MR) is 37.3 cm³/mol. The number of aliphatic hydroxyl groups excluding tert-OH is 1. The van der Waals surface area contributed by atoms with Crippen molar-refractivity contribution in [3.05, 3.63) is 12.2 Å². The summed E-state index contributed by atoms with van der Waals surface area (Å²) in [6, 6.07) is 0. The minimum absolute atomic E-state index is 0.0679. The van der Waals surface area contributed by atoms with Gasteiger partial charge in [-0.1, -0.05) is 12.2 Å². The summed E-state index contributed by atoms with van der Waals surface area (Å²) in [6.07, 6.45) is -0.0679. The van der Waals surface area contributed by atoms with Gasteiger partial charge in [-0.05, 0) is 13.8 Å². The van der Waals surface area contributed by atoms with Crippen molar-refractivity contribution in [3.63, 3.8) is 0 Å². The molecule has 0 aliphatic carbocycles. The van der Waals surface area contributed by atoms with Crippen molar-refractivity contribution in [2.45, 2.75) is 20.0 Å². The van der Waals surface area contributed by atoms with Gasteiger partial charge in [-0.15, -0.1) is 0 Å². The third-order valence-corrected chi connectivity index (χ3v) is 0.871. The second-order valence-electron chi connectivity index (χ2n) is 2.26. The molecule has 2 nitrogen and oxygen atoms in total. The first-order valence-electron chi connectivity index (χ1n) is 3.03. The van der Waals surface area contributed by atoms with E-state index in [0.29, 0.717) is 6.61 Å². The van der Waals surface area contributed by atoms with Gasteiger partial charge >= 0.3 is 0 Å². The number of rotatable bonds is 4. The Morgan fingerprint density at radius 3 is 2.67 bits per heavy atom. The van der Waals surface area contributed by atoms with Crippen LogP contribution in [0.1, 0.15) is 13.8 Å². The van der Waals surface area contributed by atoms with Crippen LogP contribution in [0.2, 0.25) is 0 Å². The summed E-state index contributed by atoms with van der Waals surface area (Å²) in [5.41, 5.74) is 0.982. The van der Waals surface area contributed by atoms with Crippen molar-refractivity contribution < 1.29 is 9.84 Å². The van der Waals surface area contributed by atoms with Crippen molar-refractivity contribution in [1.29, 1.82) is 0 Å². The molecule has 0 aromatic rings. The maximum atomic E-state index is 8.49. The van der Waals surface area contributed by atoms with Crippen molar-refractivity contribution >= 4 is 0 Å². The summed E-state index contributed by atoms with van der Waals surface area (Å²) in [7, 11) is 0. The van der Waals surface area contributed by atoms with Crippen molar-refractivity contribution in [3.8, 4) is 0 Å². The lowest BCUT2D eigenvalue weighted by atomic mass is 10.4. The Morgan fingerprint density at radius 1 is 1.78 bits per heavy atom. The van der Waals surface area contributed by atoms with Crippen molar-refractivity contribution in [2.75, 3.05) is 13.2 Å². The molecule has 0 saturated carbocycles. The molecule has 1 N–H and O–H groups in total. The van der Waals surface area contributed by atoms with Gasteiger partial charge in [0.15, 0.2) is 0 Å². The lowest BCUT2D eigenvalue weighted by molar-refractivity contribution is 0.0379. The SMILES string of the molecule is C=C(C)COC(C)CO. The zero-order chi connectivity index (χ0) is 7.28. The highest BCUT2D eigenvalue weighted by atomic mass is 16.5. The Hall–Kier alpha value is -0.340. The average molecular weight is 130 g/mol. The van der Waals surface area contributed by atoms with Crippen LogP contribution in [0.15, 0.2) is 12.2 Å². The fourth-order valence-electron chi connectivity index (χ4n) is 0.337. The molecule has 0 aromatic heterocycles. The van der Waals surface area contributed by atoms with E-state index >= 15 is 0 Å². The maximum absolute atomic E-state index is 8.49. The number of hydrogen-bond donors (Lipinski definition) is 1. The Labute approximate surface area is 56.1 Å². The van der Waals surface area contributed by atoms with Crippen LogP contribution in [0, 0.1) is 0 Å². The molecule has 2 heteroatoms. The topological polar surface area (TPSA) is 29.5 Å². The van der Waals surface area contributed by atoms with Gasteiger partial charge in [0.2, 0.25) is 0 Å². The highest BCUT2D eigenvalue weighted by molar-refractivity contribution is 4.87. The zero-order valence-electron chi connectivity index (χ0n) is 6.05. The third-order valence-electron chi connectivity index (χ3n) is 0.871. The van der Waals surface area contributed by atoms with Gasteiger partial charge in [-0.2, -0.15) is 0 Å². The van der Waals surface area contributed by atoms with Crippen LogP contribution in [-0.4, -0.2) is 24.4 Å². The van der Waals surface area contributed by atoms with Crippen LogP contribution >= 0.6 is 0 Å². The molecule has 0 aliphatic heterocycles. The predicted octanol–water partition coefficient (Wildman–Crippen LogP) is 0.960. The number of aliphatic hydroxyl groups is 1. The lowest BCUT2D eigenvalue weighted by Gasteiger charge is -2.08. The van der Waals surface area contributed by atoms with Gasteiger partial charge in [0.05, 0.1) is 19.3 Å². The van der Waals surface area contributed by atoms with Crippen LogP contribution in [0.25, 0.3) is 0 Å². The molecular weight excluding hydrogens is 116 g/mol. The van der Waals surface area contributed by atoms with Gasteiger partial charge in [0.25, 0.3) is 0 Å². The molecule has 0 fully saturated rings. The number of ether oxygens (including phenoxy) is 1. The van der Waals surface area contributed by atoms with E-state index in [2.05, 4.69) is 6.58 Å². The Bertz CT molecular complexity index is 88.9. The van der Waals surface area contributed by atoms with E-state index in [1.165, 1.54) is 0 Å². The quantitative estimate of drug-likeness (QED) is 0.574. The average Bonchev–Trinajstić information content (AvgIpc) is 1.83. The molecule has 0 aromatic carbocycles. The van der Waals surface area contributed by atoms with Gasteiger partial charge in [0, 0.05) is 0 Å². The van der Waals surface area contributed by atoms with Crippen LogP contribution in [-0.2, 0) is 4.74 Å². The Kier molecular flexibility index (Phi) is 4.36. The van der Waals surface area contributed by atoms with Gasteiger partial charge < -0.3 is 9.84 Å². The van der Waals surface area contributed by atoms with E-state index in [1.54, 1.807) is 0 Å². The number of hydrogen-bond acceptors (Lipinski definition) is 2. The van der Waals surface area contributed by atoms with E-state index in [1.807, 2.05) is 13.8 Å². The molecule has 0 saturated heterocycles. The van der Waals surface area contributed by atoms with Gasteiger partial charge in [-0.3, -0.25) is 0 Å². The highest BCUT2D eigenvalue weighted by Crippen LogP contribution is 1.93. The van der Waals surface area contributed by atoms with Gasteiger partial charge in [0.1, 0.15) is 0 Å². The summed E-state index contributed by atoms with van der Waals surface area (Å²) in [5, 5.41) is 8.49. The molecule has 0 rings (SSSR count). The maximum Gasteiger partial charge on any atom is 0.0782 e. The van der Waals surface area contributed by atoms with Crippen molar-refractivity contribution in [2.24, 2.45) is 0 Å². The van der Waals surface area contributed by atoms with Crippen molar-refractivity contribution in [1.82, 2.24) is 0 Å². The summed E-state index contributed by atoms with van der Waals surface area (Å²) in [6.45, 7) is 7.99. The van der Waals surface area contributed by atoms with E-state index < -0.39 is 0 Å². The molecule has 0 amide bonds. The van der Waals surface area contributed by atoms with E-state index in [-0.39, 0.29) is 12.7 Å². The Balaban J connectivity index is 3.16. The molecule has 0 radical (unpaired) electrons. The smallest absolute Gasteiger partial charge is 0.0782 e. The minimum Gasteiger partial charge on any atom is -0.394 e. The molecule has 1 atom stereocenters. The van der Waals surface area contributed by atoms with Crippen LogP contribution < -0.4 is 0 Å². The van der Waals surface area contributed by atoms with E-state index in [4.69, 9.17) is 9.84 Å². The lowest BCUT2D eigenvalue weighted by Crippen LogP contribution is -2.13. The fourth-order valence-corrected chi connectivity index (χ4v) is 0.337. The Morgan fingerprint density at radius 2 is 2.33 bits per heavy atom. The molecule has 0 heterocycles. The zero-order valence-corrected chi connectivity index (χ0v) is 6.05. The van der Waals surface area contributed by atoms with E-state index in [0.717, 1.165) is 5.57 Å². The monoisotopic (exact) mass is 130 g/mol. The van der Waals surface area contributed by atoms with Crippen LogP contribution in [0.3, 0.4) is 0 Å². The van der Waals surface area contributed by atoms with Gasteiger partial charge in [-0.25, -0.2) is 0 Å². The summed E-state index contributed by atoms with van der Waals surface area (Å²) in [4.78, 5) is 0. The minimum atomic E-state index is -0.0679. The molecular formula is C7H14O2. The first-order chi connectivity index (χ1) is 4.16. The second kappa shape index (κ2) is 4.53. The summed E-state index contributed by atoms with van der Waals surface area (Å²) >= 11 is 0. The molecule has 54 valence electrons. The molecule has 9 heavy (non-hydrogen) atoms. The summed E-state index contributed by atoms with van der Waals surface area (Å²) < 4.78 is 5.10. The van der Waals surface area contributed by atoms with Crippen LogP contribution in [0.5, 0.6) is 0 Å². The molecule has 0 spiro atoms. The second-order valence-corrected chi connectivity index (χ2v) is 2.26. The van der Waals surface area contributed by atoms with E-state index in [9.17, 15) is 0 Å². The molecule has 1 unspecified atom stereocenters. The largest absolute Gasteiger partial charge is 0.394 e. The summed E-state index contributed by atoms with van der Waals surface area (Å²) in [5.74, 6) is 0. The molecule has 0 aliphatic rings. The molecule has 0 bridgehead atoms. The standard InChI is InChI=1S/C7H14O2/c1-6(2)5-9-7(3)4-8/h7-8H,1,4-5H2,2-3H3. The van der Waals surface area contributed by atoms with Crippen LogP contribution in [0.4, 0.5) is 0 Å². The first kappa shape index (κ1) is 8.66. The first-order valence-corrected chi connectivity index (χ1v) is 3.03. The third kappa shape index (κ3) is 5.53. The highest BCUT2D eigenvalue weighted by Gasteiger charge is 1.96. The fraction of sp³-hybridized carbons (Fsp3) is 0.714. The normalized spacial score (nSPS) is 13.2.